The van der Waals surface area contributed by atoms with Crippen LogP contribution >= 0.6 is 0 Å². The molecule has 0 aliphatic heterocycles. The van der Waals surface area contributed by atoms with Crippen LogP contribution in [0.3, 0.4) is 0 Å². The van der Waals surface area contributed by atoms with Gasteiger partial charge >= 0.3 is 0 Å². The van der Waals surface area contributed by atoms with E-state index in [9.17, 15) is 0 Å². The lowest BCUT2D eigenvalue weighted by molar-refractivity contribution is 0.159. The van der Waals surface area contributed by atoms with Crippen molar-refractivity contribution in [2.75, 3.05) is 13.7 Å². The first-order valence-corrected chi connectivity index (χ1v) is 5.00. The van der Waals surface area contributed by atoms with Crippen molar-refractivity contribution >= 4 is 5.71 Å². The number of ether oxygens (including phenoxy) is 1. The molecule has 0 radical (unpaired) electrons. The number of methoxy groups -OCH3 is 1. The number of benzene rings is 1. The Bertz CT molecular complexity index is 359. The van der Waals surface area contributed by atoms with Crippen LogP contribution in [0.15, 0.2) is 23.4 Å². The summed E-state index contributed by atoms with van der Waals surface area (Å²) >= 11 is 0. The predicted octanol–water partition coefficient (Wildman–Crippen LogP) is 2.76. The van der Waals surface area contributed by atoms with E-state index < -0.39 is 0 Å². The molecule has 15 heavy (non-hydrogen) atoms. The highest BCUT2D eigenvalue weighted by Crippen LogP contribution is 2.18. The fourth-order valence-electron chi connectivity index (χ4n) is 1.32. The summed E-state index contributed by atoms with van der Waals surface area (Å²) in [5.41, 5.74) is 3.03. The molecule has 0 aromatic heterocycles. The van der Waals surface area contributed by atoms with Gasteiger partial charge in [-0.15, -0.1) is 0 Å². The van der Waals surface area contributed by atoms with Crippen LogP contribution in [-0.2, 0) is 4.84 Å². The molecule has 0 bridgehead atoms. The van der Waals surface area contributed by atoms with Crippen molar-refractivity contribution in [1.29, 1.82) is 0 Å². The fourth-order valence-corrected chi connectivity index (χ4v) is 1.32. The third kappa shape index (κ3) is 2.98. The second kappa shape index (κ2) is 5.39. The summed E-state index contributed by atoms with van der Waals surface area (Å²) in [5, 5.41) is 3.99. The highest BCUT2D eigenvalue weighted by Gasteiger charge is 2.02. The molecule has 1 rings (SSSR count). The zero-order valence-electron chi connectivity index (χ0n) is 9.70. The van der Waals surface area contributed by atoms with Crippen molar-refractivity contribution in [1.82, 2.24) is 0 Å². The molecule has 1 aromatic carbocycles. The lowest BCUT2D eigenvalue weighted by Gasteiger charge is -2.06. The minimum atomic E-state index is 0.590. The average molecular weight is 207 g/mol. The van der Waals surface area contributed by atoms with E-state index in [1.54, 1.807) is 7.11 Å². The molecule has 0 saturated carbocycles. The van der Waals surface area contributed by atoms with Gasteiger partial charge in [0.05, 0.1) is 12.8 Å². The average Bonchev–Trinajstić information content (AvgIpc) is 2.25. The molecule has 0 heterocycles. The maximum Gasteiger partial charge on any atom is 0.121 e. The van der Waals surface area contributed by atoms with Gasteiger partial charge < -0.3 is 9.57 Å². The molecule has 0 fully saturated rings. The number of rotatable bonds is 4. The summed E-state index contributed by atoms with van der Waals surface area (Å²) < 4.78 is 5.19. The van der Waals surface area contributed by atoms with E-state index in [0.717, 1.165) is 22.6 Å². The molecular formula is C12H17NO2. The molecular weight excluding hydrogens is 190 g/mol. The first-order valence-electron chi connectivity index (χ1n) is 5.00. The summed E-state index contributed by atoms with van der Waals surface area (Å²) in [5.74, 6) is 0.892. The standard InChI is InChI=1S/C12H17NO2/c1-5-15-13-10(3)11-6-7-12(14-4)9(2)8-11/h6-8H,5H2,1-4H3/b13-10-. The molecule has 3 heteroatoms. The van der Waals surface area contributed by atoms with Crippen molar-refractivity contribution in [2.24, 2.45) is 5.16 Å². The topological polar surface area (TPSA) is 30.8 Å². The Kier molecular flexibility index (Phi) is 4.16. The van der Waals surface area contributed by atoms with Gasteiger partial charge in [-0.2, -0.15) is 0 Å². The maximum atomic E-state index is 5.19. The summed E-state index contributed by atoms with van der Waals surface area (Å²) in [6, 6.07) is 5.95. The van der Waals surface area contributed by atoms with Gasteiger partial charge in [0.2, 0.25) is 0 Å². The van der Waals surface area contributed by atoms with Crippen LogP contribution < -0.4 is 4.74 Å². The zero-order chi connectivity index (χ0) is 11.3. The molecule has 0 aliphatic rings. The lowest BCUT2D eigenvalue weighted by Crippen LogP contribution is -1.98. The number of hydrogen-bond acceptors (Lipinski definition) is 3. The summed E-state index contributed by atoms with van der Waals surface area (Å²) in [6.45, 7) is 6.44. The van der Waals surface area contributed by atoms with Gasteiger partial charge in [0.15, 0.2) is 0 Å². The lowest BCUT2D eigenvalue weighted by atomic mass is 10.1. The number of oxime groups is 1. The summed E-state index contributed by atoms with van der Waals surface area (Å²) in [4.78, 5) is 5.00. The first kappa shape index (κ1) is 11.6. The Balaban J connectivity index is 2.92. The van der Waals surface area contributed by atoms with Crippen molar-refractivity contribution in [2.45, 2.75) is 20.8 Å². The summed E-state index contributed by atoms with van der Waals surface area (Å²) in [6.07, 6.45) is 0. The number of aryl methyl sites for hydroxylation is 1. The Hall–Kier alpha value is -1.51. The van der Waals surface area contributed by atoms with Crippen LogP contribution in [-0.4, -0.2) is 19.4 Å². The van der Waals surface area contributed by atoms with Crippen LogP contribution in [0.5, 0.6) is 5.75 Å². The quantitative estimate of drug-likeness (QED) is 0.561. The van der Waals surface area contributed by atoms with Crippen LogP contribution in [0.1, 0.15) is 25.0 Å². The van der Waals surface area contributed by atoms with Gasteiger partial charge in [-0.25, -0.2) is 0 Å². The SMILES string of the molecule is CCO/N=C(/C)c1ccc(OC)c(C)c1. The number of hydrogen-bond donors (Lipinski definition) is 0. The van der Waals surface area contributed by atoms with Gasteiger partial charge in [0.25, 0.3) is 0 Å². The zero-order valence-corrected chi connectivity index (χ0v) is 9.70. The molecule has 82 valence electrons. The minimum Gasteiger partial charge on any atom is -0.496 e. The molecule has 0 saturated heterocycles. The third-order valence-electron chi connectivity index (χ3n) is 2.14. The Morgan fingerprint density at radius 3 is 2.67 bits per heavy atom. The van der Waals surface area contributed by atoms with E-state index >= 15 is 0 Å². The van der Waals surface area contributed by atoms with Crippen molar-refractivity contribution < 1.29 is 9.57 Å². The largest absolute Gasteiger partial charge is 0.496 e. The van der Waals surface area contributed by atoms with Gasteiger partial charge in [-0.05, 0) is 50.1 Å². The molecule has 0 spiro atoms. The van der Waals surface area contributed by atoms with Crippen molar-refractivity contribution in [3.63, 3.8) is 0 Å². The normalized spacial score (nSPS) is 11.3. The Morgan fingerprint density at radius 1 is 1.40 bits per heavy atom. The second-order valence-electron chi connectivity index (χ2n) is 3.28. The van der Waals surface area contributed by atoms with E-state index in [4.69, 9.17) is 9.57 Å². The monoisotopic (exact) mass is 207 g/mol. The van der Waals surface area contributed by atoms with Crippen LogP contribution in [0, 0.1) is 6.92 Å². The molecule has 3 nitrogen and oxygen atoms in total. The summed E-state index contributed by atoms with van der Waals surface area (Å²) in [7, 11) is 1.67. The predicted molar refractivity (Wildman–Crippen MR) is 61.6 cm³/mol. The Labute approximate surface area is 90.7 Å². The van der Waals surface area contributed by atoms with Crippen LogP contribution in [0.4, 0.5) is 0 Å². The van der Waals surface area contributed by atoms with E-state index in [2.05, 4.69) is 5.16 Å². The molecule has 0 unspecified atom stereocenters. The molecule has 0 amide bonds. The van der Waals surface area contributed by atoms with E-state index in [0.29, 0.717) is 6.61 Å². The smallest absolute Gasteiger partial charge is 0.121 e. The fraction of sp³-hybridized carbons (Fsp3) is 0.417. The van der Waals surface area contributed by atoms with Crippen LogP contribution in [0.25, 0.3) is 0 Å². The second-order valence-corrected chi connectivity index (χ2v) is 3.28. The van der Waals surface area contributed by atoms with Gasteiger partial charge in [0, 0.05) is 0 Å². The first-order chi connectivity index (χ1) is 7.19. The molecule has 0 N–H and O–H groups in total. The highest BCUT2D eigenvalue weighted by molar-refractivity contribution is 5.98. The minimum absolute atomic E-state index is 0.590. The third-order valence-corrected chi connectivity index (χ3v) is 2.14. The van der Waals surface area contributed by atoms with Gasteiger partial charge in [0.1, 0.15) is 12.4 Å². The highest BCUT2D eigenvalue weighted by atomic mass is 16.6. The maximum absolute atomic E-state index is 5.19. The molecule has 0 aliphatic carbocycles. The molecule has 1 aromatic rings. The van der Waals surface area contributed by atoms with Crippen molar-refractivity contribution in [3.8, 4) is 5.75 Å². The van der Waals surface area contributed by atoms with E-state index in [1.165, 1.54) is 0 Å². The van der Waals surface area contributed by atoms with Gasteiger partial charge in [-0.3, -0.25) is 0 Å². The number of nitrogens with zero attached hydrogens (tertiary/aromatic N) is 1. The molecule has 0 atom stereocenters. The van der Waals surface area contributed by atoms with E-state index in [-0.39, 0.29) is 0 Å². The van der Waals surface area contributed by atoms with Crippen molar-refractivity contribution in [3.05, 3.63) is 29.3 Å². The van der Waals surface area contributed by atoms with Gasteiger partial charge in [-0.1, -0.05) is 5.16 Å². The Morgan fingerprint density at radius 2 is 2.13 bits per heavy atom. The van der Waals surface area contributed by atoms with Crippen LogP contribution in [0.2, 0.25) is 0 Å². The van der Waals surface area contributed by atoms with E-state index in [1.807, 2.05) is 39.0 Å².